The monoisotopic (exact) mass is 334 g/mol. The zero-order valence-corrected chi connectivity index (χ0v) is 14.6. The molecule has 0 spiro atoms. The van der Waals surface area contributed by atoms with Crippen LogP contribution in [-0.2, 0) is 11.3 Å². The Morgan fingerprint density at radius 2 is 2.00 bits per heavy atom. The van der Waals surface area contributed by atoms with Crippen LogP contribution in [0.1, 0.15) is 36.5 Å². The van der Waals surface area contributed by atoms with Crippen LogP contribution in [0.5, 0.6) is 5.75 Å². The predicted molar refractivity (Wildman–Crippen MR) is 96.0 cm³/mol. The van der Waals surface area contributed by atoms with Crippen molar-refractivity contribution in [3.05, 3.63) is 65.2 Å². The number of nitrogens with zero attached hydrogens (tertiary/aromatic N) is 2. The second-order valence-corrected chi connectivity index (χ2v) is 6.58. The van der Waals surface area contributed by atoms with E-state index in [1.807, 2.05) is 11.0 Å². The molecule has 0 aromatic heterocycles. The van der Waals surface area contributed by atoms with Crippen LogP contribution < -0.4 is 4.74 Å². The Kier molecular flexibility index (Phi) is 5.04. The highest BCUT2D eigenvalue weighted by Crippen LogP contribution is 2.29. The molecule has 4 heteroatoms. The molecular weight excluding hydrogens is 312 g/mol. The maximum atomic E-state index is 12.9. The van der Waals surface area contributed by atoms with E-state index >= 15 is 0 Å². The van der Waals surface area contributed by atoms with Crippen molar-refractivity contribution in [1.29, 1.82) is 5.26 Å². The van der Waals surface area contributed by atoms with Gasteiger partial charge in [-0.25, -0.2) is 0 Å². The number of hydrogen-bond acceptors (Lipinski definition) is 3. The lowest BCUT2D eigenvalue weighted by Crippen LogP contribution is -2.41. The van der Waals surface area contributed by atoms with Gasteiger partial charge in [0.25, 0.3) is 5.91 Å². The van der Waals surface area contributed by atoms with Crippen LogP contribution >= 0.6 is 0 Å². The van der Waals surface area contributed by atoms with E-state index in [-0.39, 0.29) is 5.91 Å². The zero-order chi connectivity index (χ0) is 17.8. The van der Waals surface area contributed by atoms with Gasteiger partial charge in [-0.3, -0.25) is 4.79 Å². The van der Waals surface area contributed by atoms with Crippen LogP contribution in [0.2, 0.25) is 0 Å². The van der Waals surface area contributed by atoms with Gasteiger partial charge in [-0.2, -0.15) is 5.26 Å². The summed E-state index contributed by atoms with van der Waals surface area (Å²) in [6.45, 7) is 4.46. The average Bonchev–Trinajstić information content (AvgIpc) is 3.45. The van der Waals surface area contributed by atoms with Gasteiger partial charge in [0.1, 0.15) is 5.75 Å². The summed E-state index contributed by atoms with van der Waals surface area (Å²) >= 11 is 0. The Morgan fingerprint density at radius 1 is 1.28 bits per heavy atom. The number of hydrogen-bond donors (Lipinski definition) is 0. The fourth-order valence-electron chi connectivity index (χ4n) is 2.88. The summed E-state index contributed by atoms with van der Waals surface area (Å²) in [7, 11) is 0. The molecule has 1 amide bonds. The van der Waals surface area contributed by atoms with E-state index in [0.717, 1.165) is 18.4 Å². The summed E-state index contributed by atoms with van der Waals surface area (Å²) in [6, 6.07) is 17.5. The van der Waals surface area contributed by atoms with Crippen molar-refractivity contribution >= 4 is 5.91 Å². The molecule has 0 aliphatic heterocycles. The normalized spacial score (nSPS) is 14.4. The Balaban J connectivity index is 1.68. The maximum absolute atomic E-state index is 12.9. The standard InChI is InChI=1S/C21H22N2O2/c1-15-4-3-5-18(12-15)14-23(19-8-9-19)21(24)16(2)25-20-10-6-17(13-22)7-11-20/h3-7,10-12,16,19H,8-9,14H2,1-2H3. The Bertz CT molecular complexity index is 788. The van der Waals surface area contributed by atoms with Crippen LogP contribution in [0.3, 0.4) is 0 Å². The molecule has 2 aromatic carbocycles. The molecule has 1 fully saturated rings. The fourth-order valence-corrected chi connectivity index (χ4v) is 2.88. The van der Waals surface area contributed by atoms with E-state index < -0.39 is 6.10 Å². The molecule has 1 atom stereocenters. The summed E-state index contributed by atoms with van der Waals surface area (Å²) in [5.41, 5.74) is 2.92. The molecule has 0 radical (unpaired) electrons. The molecule has 4 nitrogen and oxygen atoms in total. The minimum atomic E-state index is -0.557. The minimum Gasteiger partial charge on any atom is -0.481 e. The Hall–Kier alpha value is -2.80. The lowest BCUT2D eigenvalue weighted by molar-refractivity contribution is -0.139. The molecule has 1 aliphatic rings. The van der Waals surface area contributed by atoms with Gasteiger partial charge in [0.05, 0.1) is 11.6 Å². The molecule has 0 N–H and O–H groups in total. The largest absolute Gasteiger partial charge is 0.481 e. The fraction of sp³-hybridized carbons (Fsp3) is 0.333. The van der Waals surface area contributed by atoms with Crippen molar-refractivity contribution in [3.63, 3.8) is 0 Å². The Labute approximate surface area is 148 Å². The topological polar surface area (TPSA) is 53.3 Å². The van der Waals surface area contributed by atoms with E-state index in [1.54, 1.807) is 31.2 Å². The first-order chi connectivity index (χ1) is 12.1. The second kappa shape index (κ2) is 7.40. The Morgan fingerprint density at radius 3 is 2.60 bits per heavy atom. The molecular formula is C21H22N2O2. The summed E-state index contributed by atoms with van der Waals surface area (Å²) in [5.74, 6) is 0.611. The number of ether oxygens (including phenoxy) is 1. The van der Waals surface area contributed by atoms with Crippen molar-refractivity contribution in [2.45, 2.75) is 45.4 Å². The van der Waals surface area contributed by atoms with E-state index in [2.05, 4.69) is 31.2 Å². The van der Waals surface area contributed by atoms with Crippen LogP contribution in [0.4, 0.5) is 0 Å². The third kappa shape index (κ3) is 4.39. The highest BCUT2D eigenvalue weighted by Gasteiger charge is 2.35. The number of nitriles is 1. The van der Waals surface area contributed by atoms with Gasteiger partial charge in [0.15, 0.2) is 6.10 Å². The number of carbonyl (C=O) groups is 1. The third-order valence-corrected chi connectivity index (χ3v) is 4.35. The van der Waals surface area contributed by atoms with Crippen molar-refractivity contribution < 1.29 is 9.53 Å². The van der Waals surface area contributed by atoms with Crippen molar-refractivity contribution in [3.8, 4) is 11.8 Å². The summed E-state index contributed by atoms with van der Waals surface area (Å²) in [6.07, 6.45) is 1.56. The van der Waals surface area contributed by atoms with Crippen molar-refractivity contribution in [1.82, 2.24) is 4.90 Å². The molecule has 25 heavy (non-hydrogen) atoms. The van der Waals surface area contributed by atoms with Gasteiger partial charge in [-0.15, -0.1) is 0 Å². The number of carbonyl (C=O) groups excluding carboxylic acids is 1. The third-order valence-electron chi connectivity index (χ3n) is 4.35. The lowest BCUT2D eigenvalue weighted by Gasteiger charge is -2.26. The molecule has 0 saturated heterocycles. The van der Waals surface area contributed by atoms with E-state index in [0.29, 0.717) is 23.9 Å². The van der Waals surface area contributed by atoms with Crippen LogP contribution in [0.25, 0.3) is 0 Å². The lowest BCUT2D eigenvalue weighted by atomic mass is 10.1. The number of amides is 1. The molecule has 1 aliphatic carbocycles. The van der Waals surface area contributed by atoms with Gasteiger partial charge in [0.2, 0.25) is 0 Å². The molecule has 1 unspecified atom stereocenters. The van der Waals surface area contributed by atoms with E-state index in [4.69, 9.17) is 10.00 Å². The zero-order valence-electron chi connectivity index (χ0n) is 14.6. The number of aryl methyl sites for hydroxylation is 1. The highest BCUT2D eigenvalue weighted by molar-refractivity contribution is 5.81. The predicted octanol–water partition coefficient (Wildman–Crippen LogP) is 3.83. The first-order valence-electron chi connectivity index (χ1n) is 8.59. The van der Waals surface area contributed by atoms with Gasteiger partial charge in [0, 0.05) is 12.6 Å². The molecule has 2 aromatic rings. The number of rotatable bonds is 6. The average molecular weight is 334 g/mol. The smallest absolute Gasteiger partial charge is 0.263 e. The van der Waals surface area contributed by atoms with Gasteiger partial charge >= 0.3 is 0 Å². The molecule has 3 rings (SSSR count). The molecule has 0 bridgehead atoms. The molecule has 128 valence electrons. The van der Waals surface area contributed by atoms with Crippen LogP contribution in [0, 0.1) is 18.3 Å². The molecule has 0 heterocycles. The SMILES string of the molecule is Cc1cccc(CN(C(=O)C(C)Oc2ccc(C#N)cc2)C2CC2)c1. The molecule has 1 saturated carbocycles. The number of benzene rings is 2. The van der Waals surface area contributed by atoms with Gasteiger partial charge in [-0.05, 0) is 56.5 Å². The van der Waals surface area contributed by atoms with Crippen molar-refractivity contribution in [2.75, 3.05) is 0 Å². The summed E-state index contributed by atoms with van der Waals surface area (Å²) in [4.78, 5) is 14.8. The minimum absolute atomic E-state index is 0.00775. The highest BCUT2D eigenvalue weighted by atomic mass is 16.5. The maximum Gasteiger partial charge on any atom is 0.263 e. The van der Waals surface area contributed by atoms with Crippen LogP contribution in [-0.4, -0.2) is 23.0 Å². The second-order valence-electron chi connectivity index (χ2n) is 6.58. The summed E-state index contributed by atoms with van der Waals surface area (Å²) < 4.78 is 5.80. The van der Waals surface area contributed by atoms with Crippen molar-refractivity contribution in [2.24, 2.45) is 0 Å². The van der Waals surface area contributed by atoms with Gasteiger partial charge in [-0.1, -0.05) is 29.8 Å². The summed E-state index contributed by atoms with van der Waals surface area (Å²) in [5, 5.41) is 8.85. The van der Waals surface area contributed by atoms with E-state index in [1.165, 1.54) is 5.56 Å². The van der Waals surface area contributed by atoms with Gasteiger partial charge < -0.3 is 9.64 Å². The van der Waals surface area contributed by atoms with E-state index in [9.17, 15) is 4.79 Å². The van der Waals surface area contributed by atoms with Crippen LogP contribution in [0.15, 0.2) is 48.5 Å². The first-order valence-corrected chi connectivity index (χ1v) is 8.59. The quantitative estimate of drug-likeness (QED) is 0.807. The first kappa shape index (κ1) is 17.0.